The van der Waals surface area contributed by atoms with E-state index < -0.39 is 0 Å². The molecule has 1 aliphatic rings. The van der Waals surface area contributed by atoms with Crippen molar-refractivity contribution in [3.8, 4) is 5.88 Å². The van der Waals surface area contributed by atoms with Crippen molar-refractivity contribution in [1.29, 1.82) is 0 Å². The number of halogens is 1. The molecule has 1 heterocycles. The van der Waals surface area contributed by atoms with Gasteiger partial charge in [0.15, 0.2) is 0 Å². The molecule has 4 heteroatoms. The van der Waals surface area contributed by atoms with Gasteiger partial charge in [-0.3, -0.25) is 0 Å². The summed E-state index contributed by atoms with van der Waals surface area (Å²) in [6.07, 6.45) is 1.76. The molecule has 1 fully saturated rings. The molecule has 0 saturated heterocycles. The maximum absolute atomic E-state index is 5.79. The first-order valence-corrected chi connectivity index (χ1v) is 6.21. The topological polar surface area (TPSA) is 48.1 Å². The lowest BCUT2D eigenvalue weighted by molar-refractivity contribution is 0.390. The van der Waals surface area contributed by atoms with Crippen molar-refractivity contribution in [3.63, 3.8) is 0 Å². The van der Waals surface area contributed by atoms with Gasteiger partial charge in [0.05, 0.1) is 7.11 Å². The minimum Gasteiger partial charge on any atom is -0.481 e. The second-order valence-electron chi connectivity index (χ2n) is 4.89. The Kier molecular flexibility index (Phi) is 2.97. The van der Waals surface area contributed by atoms with Crippen molar-refractivity contribution in [2.75, 3.05) is 13.7 Å². The van der Waals surface area contributed by atoms with Crippen LogP contribution in [0.2, 0.25) is 0 Å². The van der Waals surface area contributed by atoms with Gasteiger partial charge in [-0.15, -0.1) is 0 Å². The lowest BCUT2D eigenvalue weighted by atomic mass is 10.0. The molecule has 0 bridgehead atoms. The summed E-state index contributed by atoms with van der Waals surface area (Å²) in [7, 11) is 1.66. The predicted octanol–water partition coefficient (Wildman–Crippen LogP) is 2.55. The molecule has 1 aromatic rings. The van der Waals surface area contributed by atoms with Crippen LogP contribution in [0.5, 0.6) is 5.88 Å². The Labute approximate surface area is 105 Å². The van der Waals surface area contributed by atoms with E-state index in [4.69, 9.17) is 10.5 Å². The summed E-state index contributed by atoms with van der Waals surface area (Å²) in [6.45, 7) is 5.21. The van der Waals surface area contributed by atoms with Gasteiger partial charge in [0.2, 0.25) is 5.88 Å². The third-order valence-corrected chi connectivity index (χ3v) is 4.11. The largest absolute Gasteiger partial charge is 0.481 e. The molecule has 1 aromatic heterocycles. The second kappa shape index (κ2) is 4.00. The van der Waals surface area contributed by atoms with Crippen LogP contribution in [0.4, 0.5) is 0 Å². The second-order valence-corrected chi connectivity index (χ2v) is 5.81. The highest BCUT2D eigenvalue weighted by Gasteiger charge is 2.58. The first-order chi connectivity index (χ1) is 7.52. The highest BCUT2D eigenvalue weighted by atomic mass is 79.9. The van der Waals surface area contributed by atoms with E-state index in [9.17, 15) is 0 Å². The zero-order chi connectivity index (χ0) is 11.9. The fourth-order valence-electron chi connectivity index (χ4n) is 2.64. The Bertz CT molecular complexity index is 406. The Morgan fingerprint density at radius 3 is 2.75 bits per heavy atom. The molecule has 88 valence electrons. The van der Waals surface area contributed by atoms with Crippen molar-refractivity contribution in [2.24, 2.45) is 17.1 Å². The van der Waals surface area contributed by atoms with Gasteiger partial charge < -0.3 is 10.5 Å². The smallest absolute Gasteiger partial charge is 0.216 e. The molecule has 2 rings (SSSR count). The lowest BCUT2D eigenvalue weighted by Gasteiger charge is -2.08. The minimum absolute atomic E-state index is 0.254. The van der Waals surface area contributed by atoms with E-state index in [0.29, 0.717) is 18.4 Å². The molecule has 2 atom stereocenters. The Morgan fingerprint density at radius 2 is 2.25 bits per heavy atom. The molecular formula is C12H17BrN2O. The molecule has 1 aliphatic carbocycles. The fourth-order valence-corrected chi connectivity index (χ4v) is 2.99. The van der Waals surface area contributed by atoms with Crippen LogP contribution in [0.3, 0.4) is 0 Å². The highest BCUT2D eigenvalue weighted by molar-refractivity contribution is 9.10. The predicted molar refractivity (Wildman–Crippen MR) is 67.6 cm³/mol. The number of nitrogens with zero attached hydrogens (tertiary/aromatic N) is 1. The Hall–Kier alpha value is -0.610. The molecular weight excluding hydrogens is 268 g/mol. The van der Waals surface area contributed by atoms with Gasteiger partial charge in [-0.25, -0.2) is 4.98 Å². The van der Waals surface area contributed by atoms with Gasteiger partial charge in [0.25, 0.3) is 0 Å². The van der Waals surface area contributed by atoms with Crippen LogP contribution < -0.4 is 10.5 Å². The molecule has 0 unspecified atom stereocenters. The number of methoxy groups -OCH3 is 1. The normalized spacial score (nSPS) is 26.6. The van der Waals surface area contributed by atoms with Crippen LogP contribution in [-0.4, -0.2) is 18.6 Å². The van der Waals surface area contributed by atoms with Gasteiger partial charge in [-0.2, -0.15) is 0 Å². The summed E-state index contributed by atoms with van der Waals surface area (Å²) in [6, 6.07) is 2.09. The van der Waals surface area contributed by atoms with E-state index >= 15 is 0 Å². The van der Waals surface area contributed by atoms with E-state index in [2.05, 4.69) is 40.8 Å². The van der Waals surface area contributed by atoms with E-state index in [1.807, 2.05) is 0 Å². The fraction of sp³-hybridized carbons (Fsp3) is 0.583. The number of aromatic nitrogens is 1. The van der Waals surface area contributed by atoms with Crippen molar-refractivity contribution in [1.82, 2.24) is 4.98 Å². The standard InChI is InChI=1S/C12H17BrN2O/c1-12(2)9(5-14)10(12)8-4-7(13)6-15-11(8)16-3/h4,6,9-10H,5,14H2,1-3H3/t9-,10-/m0/s1. The molecule has 0 spiro atoms. The number of hydrogen-bond donors (Lipinski definition) is 1. The zero-order valence-corrected chi connectivity index (χ0v) is 11.4. The quantitative estimate of drug-likeness (QED) is 0.928. The van der Waals surface area contributed by atoms with Gasteiger partial charge in [-0.1, -0.05) is 13.8 Å². The summed E-state index contributed by atoms with van der Waals surface area (Å²) in [5, 5.41) is 0. The van der Waals surface area contributed by atoms with Gasteiger partial charge in [0, 0.05) is 16.2 Å². The van der Waals surface area contributed by atoms with Crippen LogP contribution in [0.1, 0.15) is 25.3 Å². The zero-order valence-electron chi connectivity index (χ0n) is 9.83. The third-order valence-electron chi connectivity index (χ3n) is 3.68. The molecule has 0 aromatic carbocycles. The third kappa shape index (κ3) is 1.74. The number of rotatable bonds is 3. The average Bonchev–Trinajstić information content (AvgIpc) is 2.80. The van der Waals surface area contributed by atoms with Crippen molar-refractivity contribution < 1.29 is 4.74 Å². The molecule has 3 nitrogen and oxygen atoms in total. The number of pyridine rings is 1. The van der Waals surface area contributed by atoms with E-state index in [1.54, 1.807) is 13.3 Å². The molecule has 0 aliphatic heterocycles. The molecule has 0 radical (unpaired) electrons. The number of ether oxygens (including phenoxy) is 1. The number of hydrogen-bond acceptors (Lipinski definition) is 3. The first kappa shape index (κ1) is 11.9. The maximum Gasteiger partial charge on any atom is 0.216 e. The van der Waals surface area contributed by atoms with E-state index in [1.165, 1.54) is 0 Å². The first-order valence-electron chi connectivity index (χ1n) is 5.42. The van der Waals surface area contributed by atoms with Crippen LogP contribution in [-0.2, 0) is 0 Å². The Balaban J connectivity index is 2.38. The molecule has 1 saturated carbocycles. The monoisotopic (exact) mass is 284 g/mol. The van der Waals surface area contributed by atoms with Crippen LogP contribution in [0, 0.1) is 11.3 Å². The van der Waals surface area contributed by atoms with Crippen molar-refractivity contribution in [2.45, 2.75) is 19.8 Å². The summed E-state index contributed by atoms with van der Waals surface area (Å²) >= 11 is 3.45. The van der Waals surface area contributed by atoms with Crippen LogP contribution in [0.25, 0.3) is 0 Å². The van der Waals surface area contributed by atoms with Crippen LogP contribution in [0.15, 0.2) is 16.7 Å². The average molecular weight is 285 g/mol. The molecule has 2 N–H and O–H groups in total. The van der Waals surface area contributed by atoms with Gasteiger partial charge >= 0.3 is 0 Å². The van der Waals surface area contributed by atoms with Gasteiger partial charge in [-0.05, 0) is 45.8 Å². The number of nitrogens with two attached hydrogens (primary N) is 1. The summed E-state index contributed by atoms with van der Waals surface area (Å²) in [4.78, 5) is 4.28. The Morgan fingerprint density at radius 1 is 1.56 bits per heavy atom. The molecule has 0 amide bonds. The van der Waals surface area contributed by atoms with E-state index in [-0.39, 0.29) is 5.41 Å². The van der Waals surface area contributed by atoms with Gasteiger partial charge in [0.1, 0.15) is 0 Å². The maximum atomic E-state index is 5.79. The summed E-state index contributed by atoms with van der Waals surface area (Å²) in [5.41, 5.74) is 7.21. The highest BCUT2D eigenvalue weighted by Crippen LogP contribution is 2.65. The summed E-state index contributed by atoms with van der Waals surface area (Å²) < 4.78 is 6.30. The minimum atomic E-state index is 0.254. The van der Waals surface area contributed by atoms with Crippen molar-refractivity contribution in [3.05, 3.63) is 22.3 Å². The van der Waals surface area contributed by atoms with Crippen molar-refractivity contribution >= 4 is 15.9 Å². The SMILES string of the molecule is COc1ncc(Br)cc1[C@H]1[C@H](CN)C1(C)C. The van der Waals surface area contributed by atoms with E-state index in [0.717, 1.165) is 15.9 Å². The van der Waals surface area contributed by atoms with Crippen LogP contribution >= 0.6 is 15.9 Å². The summed E-state index contributed by atoms with van der Waals surface area (Å²) in [5.74, 6) is 1.70. The molecule has 16 heavy (non-hydrogen) atoms. The lowest BCUT2D eigenvalue weighted by Crippen LogP contribution is -2.05.